The highest BCUT2D eigenvalue weighted by Gasteiger charge is 2.18. The molecule has 0 aliphatic rings. The summed E-state index contributed by atoms with van der Waals surface area (Å²) in [4.78, 5) is 10.6. The predicted molar refractivity (Wildman–Crippen MR) is 76.7 cm³/mol. The summed E-state index contributed by atoms with van der Waals surface area (Å²) in [6.07, 6.45) is 0. The van der Waals surface area contributed by atoms with E-state index in [0.717, 1.165) is 0 Å². The third kappa shape index (κ3) is 3.49. The third-order valence-corrected chi connectivity index (χ3v) is 2.77. The van der Waals surface area contributed by atoms with Gasteiger partial charge in [-0.05, 0) is 30.7 Å². The van der Waals surface area contributed by atoms with Crippen molar-refractivity contribution in [3.8, 4) is 17.2 Å². The minimum atomic E-state index is -0.544. The quantitative estimate of drug-likeness (QED) is 0.652. The van der Waals surface area contributed by atoms with Crippen LogP contribution in [0, 0.1) is 10.1 Å². The number of ether oxygens (including phenoxy) is 2. The molecule has 110 valence electrons. The van der Waals surface area contributed by atoms with E-state index in [1.165, 1.54) is 12.1 Å². The van der Waals surface area contributed by atoms with E-state index in [1.54, 1.807) is 30.3 Å². The minimum absolute atomic E-state index is 0.101. The van der Waals surface area contributed by atoms with E-state index in [-0.39, 0.29) is 18.0 Å². The van der Waals surface area contributed by atoms with Gasteiger partial charge in [0.15, 0.2) is 11.5 Å². The number of nitro benzene ring substituents is 1. The number of rotatable bonds is 6. The monoisotopic (exact) mass is 289 g/mol. The molecule has 0 atom stereocenters. The van der Waals surface area contributed by atoms with Gasteiger partial charge in [-0.25, -0.2) is 0 Å². The Morgan fingerprint density at radius 2 is 1.86 bits per heavy atom. The zero-order chi connectivity index (χ0) is 15.2. The van der Waals surface area contributed by atoms with E-state index in [9.17, 15) is 10.1 Å². The maximum absolute atomic E-state index is 11.1. The van der Waals surface area contributed by atoms with Crippen molar-refractivity contribution in [2.45, 2.75) is 13.5 Å². The number of aliphatic hydroxyl groups excluding tert-OH is 1. The van der Waals surface area contributed by atoms with Crippen LogP contribution >= 0.6 is 0 Å². The van der Waals surface area contributed by atoms with Gasteiger partial charge in [-0.1, -0.05) is 18.2 Å². The van der Waals surface area contributed by atoms with Crippen molar-refractivity contribution < 1.29 is 19.5 Å². The molecule has 2 rings (SSSR count). The molecule has 2 aromatic rings. The van der Waals surface area contributed by atoms with Crippen LogP contribution in [0.25, 0.3) is 0 Å². The number of hydrogen-bond acceptors (Lipinski definition) is 5. The van der Waals surface area contributed by atoms with Crippen LogP contribution < -0.4 is 9.47 Å². The molecular weight excluding hydrogens is 274 g/mol. The fourth-order valence-electron chi connectivity index (χ4n) is 1.82. The molecule has 0 radical (unpaired) electrons. The average Bonchev–Trinajstić information content (AvgIpc) is 2.49. The minimum Gasteiger partial charge on any atom is -0.490 e. The van der Waals surface area contributed by atoms with Crippen LogP contribution in [0.5, 0.6) is 17.2 Å². The fourth-order valence-corrected chi connectivity index (χ4v) is 1.82. The second-order valence-corrected chi connectivity index (χ2v) is 4.20. The van der Waals surface area contributed by atoms with Crippen LogP contribution in [0.3, 0.4) is 0 Å². The predicted octanol–water partition coefficient (Wildman–Crippen LogP) is 3.28. The number of aliphatic hydroxyl groups is 1. The van der Waals surface area contributed by atoms with Crippen LogP contribution in [0.1, 0.15) is 12.5 Å². The molecule has 0 spiro atoms. The van der Waals surface area contributed by atoms with Gasteiger partial charge in [0.1, 0.15) is 0 Å². The van der Waals surface area contributed by atoms with Crippen molar-refractivity contribution in [1.82, 2.24) is 0 Å². The Hall–Kier alpha value is -2.60. The van der Waals surface area contributed by atoms with Crippen LogP contribution in [0.4, 0.5) is 5.69 Å². The summed E-state index contributed by atoms with van der Waals surface area (Å²) >= 11 is 0. The molecule has 0 bridgehead atoms. The topological polar surface area (TPSA) is 81.8 Å². The van der Waals surface area contributed by atoms with Crippen LogP contribution in [-0.4, -0.2) is 16.6 Å². The molecule has 21 heavy (non-hydrogen) atoms. The lowest BCUT2D eigenvalue weighted by Gasteiger charge is -2.11. The van der Waals surface area contributed by atoms with Crippen molar-refractivity contribution in [2.75, 3.05) is 6.61 Å². The lowest BCUT2D eigenvalue weighted by molar-refractivity contribution is -0.385. The van der Waals surface area contributed by atoms with Gasteiger partial charge in [-0.15, -0.1) is 0 Å². The van der Waals surface area contributed by atoms with Crippen LogP contribution in [-0.2, 0) is 6.61 Å². The first-order valence-electron chi connectivity index (χ1n) is 6.43. The Morgan fingerprint density at radius 1 is 1.14 bits per heavy atom. The zero-order valence-electron chi connectivity index (χ0n) is 11.5. The largest absolute Gasteiger partial charge is 0.490 e. The highest BCUT2D eigenvalue weighted by Crippen LogP contribution is 2.36. The Labute approximate surface area is 121 Å². The number of nitro groups is 1. The summed E-state index contributed by atoms with van der Waals surface area (Å²) in [7, 11) is 0. The number of para-hydroxylation sites is 2. The molecule has 0 aliphatic heterocycles. The van der Waals surface area contributed by atoms with Gasteiger partial charge in [0.05, 0.1) is 18.1 Å². The average molecular weight is 289 g/mol. The lowest BCUT2D eigenvalue weighted by atomic mass is 10.2. The third-order valence-electron chi connectivity index (χ3n) is 2.77. The summed E-state index contributed by atoms with van der Waals surface area (Å²) in [5, 5.41) is 20.2. The number of nitrogens with zero attached hydrogens (tertiary/aromatic N) is 1. The maximum Gasteiger partial charge on any atom is 0.311 e. The molecule has 0 heterocycles. The van der Waals surface area contributed by atoms with Crippen molar-refractivity contribution in [1.29, 1.82) is 0 Å². The van der Waals surface area contributed by atoms with Gasteiger partial charge in [-0.2, -0.15) is 0 Å². The first-order chi connectivity index (χ1) is 10.2. The highest BCUT2D eigenvalue weighted by atomic mass is 16.6. The molecule has 0 unspecified atom stereocenters. The van der Waals surface area contributed by atoms with Gasteiger partial charge in [0.2, 0.25) is 5.75 Å². The van der Waals surface area contributed by atoms with Gasteiger partial charge >= 0.3 is 5.69 Å². The number of benzene rings is 2. The molecule has 0 amide bonds. The summed E-state index contributed by atoms with van der Waals surface area (Å²) < 4.78 is 11.0. The first-order valence-corrected chi connectivity index (χ1v) is 6.43. The Morgan fingerprint density at radius 3 is 2.48 bits per heavy atom. The van der Waals surface area contributed by atoms with Gasteiger partial charge in [-0.3, -0.25) is 10.1 Å². The van der Waals surface area contributed by atoms with E-state index >= 15 is 0 Å². The molecule has 6 heteroatoms. The molecule has 0 fully saturated rings. The summed E-state index contributed by atoms with van der Waals surface area (Å²) in [6.45, 7) is 2.04. The van der Waals surface area contributed by atoms with Crippen molar-refractivity contribution in [3.05, 3.63) is 58.1 Å². The maximum atomic E-state index is 11.1. The van der Waals surface area contributed by atoms with Gasteiger partial charge in [0, 0.05) is 6.07 Å². The first kappa shape index (κ1) is 14.8. The smallest absolute Gasteiger partial charge is 0.311 e. The fraction of sp³-hybridized carbons (Fsp3) is 0.200. The van der Waals surface area contributed by atoms with E-state index in [4.69, 9.17) is 14.6 Å². The molecular formula is C15H15NO5. The zero-order valence-corrected chi connectivity index (χ0v) is 11.5. The summed E-state index contributed by atoms with van der Waals surface area (Å²) in [6, 6.07) is 11.3. The second kappa shape index (κ2) is 6.71. The van der Waals surface area contributed by atoms with E-state index < -0.39 is 4.92 Å². The summed E-state index contributed by atoms with van der Waals surface area (Å²) in [5.74, 6) is 1.02. The van der Waals surface area contributed by atoms with Crippen molar-refractivity contribution in [3.63, 3.8) is 0 Å². The Balaban J connectivity index is 2.37. The lowest BCUT2D eigenvalue weighted by Crippen LogP contribution is -1.98. The molecule has 6 nitrogen and oxygen atoms in total. The van der Waals surface area contributed by atoms with Crippen molar-refractivity contribution >= 4 is 5.69 Å². The Kier molecular flexibility index (Phi) is 4.73. The Bertz CT molecular complexity index is 642. The van der Waals surface area contributed by atoms with E-state index in [2.05, 4.69) is 0 Å². The number of hydrogen-bond donors (Lipinski definition) is 1. The van der Waals surface area contributed by atoms with E-state index in [1.807, 2.05) is 6.92 Å². The summed E-state index contributed by atoms with van der Waals surface area (Å²) in [5.41, 5.74) is 0.250. The highest BCUT2D eigenvalue weighted by molar-refractivity contribution is 5.52. The van der Waals surface area contributed by atoms with Gasteiger partial charge < -0.3 is 14.6 Å². The molecule has 0 aliphatic carbocycles. The normalized spacial score (nSPS) is 10.2. The second-order valence-electron chi connectivity index (χ2n) is 4.20. The molecule has 2 aromatic carbocycles. The van der Waals surface area contributed by atoms with Crippen LogP contribution in [0.2, 0.25) is 0 Å². The molecule has 1 N–H and O–H groups in total. The standard InChI is InChI=1S/C15H15NO5/c1-2-20-14-5-3-4-6-15(14)21-13-8-7-11(10-17)9-12(13)16(18)19/h3-9,17H,2,10H2,1H3. The SMILES string of the molecule is CCOc1ccccc1Oc1ccc(CO)cc1[N+](=O)[O-]. The molecule has 0 saturated carbocycles. The molecule has 0 aromatic heterocycles. The van der Waals surface area contributed by atoms with Gasteiger partial charge in [0.25, 0.3) is 0 Å². The molecule has 0 saturated heterocycles. The van der Waals surface area contributed by atoms with Crippen molar-refractivity contribution in [2.24, 2.45) is 0 Å². The van der Waals surface area contributed by atoms with Crippen LogP contribution in [0.15, 0.2) is 42.5 Å². The van der Waals surface area contributed by atoms with E-state index in [0.29, 0.717) is 23.7 Å².